The lowest BCUT2D eigenvalue weighted by Crippen LogP contribution is -2.41. The molecule has 2 atom stereocenters. The van der Waals surface area contributed by atoms with Crippen LogP contribution in [-0.2, 0) is 0 Å². The maximum Gasteiger partial charge on any atom is 0.255 e. The summed E-state index contributed by atoms with van der Waals surface area (Å²) in [4.78, 5) is 18.5. The van der Waals surface area contributed by atoms with Crippen molar-refractivity contribution >= 4 is 5.91 Å². The Labute approximate surface area is 107 Å². The first-order valence-electron chi connectivity index (χ1n) is 6.69. The molecule has 4 heteroatoms. The average Bonchev–Trinajstić information content (AvgIpc) is 2.82. The van der Waals surface area contributed by atoms with Crippen molar-refractivity contribution in [2.75, 3.05) is 19.6 Å². The number of fused-ring (bicyclic) bond motifs is 1. The molecule has 2 aliphatic rings. The summed E-state index contributed by atoms with van der Waals surface area (Å²) in [6, 6.07) is 4.27. The fourth-order valence-electron chi connectivity index (χ4n) is 2.99. The summed E-state index contributed by atoms with van der Waals surface area (Å²) in [6.45, 7) is 4.76. The van der Waals surface area contributed by atoms with Gasteiger partial charge in [-0.05, 0) is 44.4 Å². The summed E-state index contributed by atoms with van der Waals surface area (Å²) in [6.07, 6.45) is 4.16. The highest BCUT2D eigenvalue weighted by Crippen LogP contribution is 2.25. The molecule has 2 fully saturated rings. The summed E-state index contributed by atoms with van der Waals surface area (Å²) in [5.74, 6) is 0.764. The van der Waals surface area contributed by atoms with E-state index < -0.39 is 0 Å². The molecule has 3 heterocycles. The number of nitrogens with zero attached hydrogens (tertiary/aromatic N) is 2. The number of carbonyl (C=O) groups is 1. The van der Waals surface area contributed by atoms with Gasteiger partial charge in [0.25, 0.3) is 5.91 Å². The molecule has 0 radical (unpaired) electrons. The van der Waals surface area contributed by atoms with Crippen molar-refractivity contribution < 1.29 is 4.79 Å². The summed E-state index contributed by atoms with van der Waals surface area (Å²) in [7, 11) is 0. The van der Waals surface area contributed by atoms with Crippen LogP contribution in [0.4, 0.5) is 0 Å². The highest BCUT2D eigenvalue weighted by atomic mass is 16.2. The second-order valence-corrected chi connectivity index (χ2v) is 5.36. The predicted octanol–water partition coefficient (Wildman–Crippen LogP) is 1.21. The van der Waals surface area contributed by atoms with Crippen LogP contribution in [0, 0.1) is 12.8 Å². The van der Waals surface area contributed by atoms with E-state index >= 15 is 0 Å². The fraction of sp³-hybridized carbons (Fsp3) is 0.571. The molecule has 0 aliphatic carbocycles. The highest BCUT2D eigenvalue weighted by molar-refractivity contribution is 5.94. The Bertz CT molecular complexity index is 429. The lowest BCUT2D eigenvalue weighted by atomic mass is 9.94. The standard InChI is InChI=1S/C14H19N3O/c1-10-4-5-11(7-16-10)14(18)17-8-12-3-2-6-15-13(12)9-17/h4-5,7,12-13,15H,2-3,6,8-9H2,1H3/t12-,13+/m0/s1. The molecule has 96 valence electrons. The number of likely N-dealkylation sites (tertiary alicyclic amines) is 1. The molecule has 0 unspecified atom stereocenters. The first kappa shape index (κ1) is 11.7. The average molecular weight is 245 g/mol. The maximum atomic E-state index is 12.4. The zero-order chi connectivity index (χ0) is 12.5. The van der Waals surface area contributed by atoms with Crippen LogP contribution in [0.15, 0.2) is 18.3 Å². The van der Waals surface area contributed by atoms with Crippen molar-refractivity contribution in [3.63, 3.8) is 0 Å². The monoisotopic (exact) mass is 245 g/mol. The largest absolute Gasteiger partial charge is 0.337 e. The third-order valence-corrected chi connectivity index (χ3v) is 4.04. The van der Waals surface area contributed by atoms with Crippen molar-refractivity contribution in [3.05, 3.63) is 29.6 Å². The Morgan fingerprint density at radius 1 is 1.44 bits per heavy atom. The van der Waals surface area contributed by atoms with Crippen molar-refractivity contribution in [3.8, 4) is 0 Å². The minimum atomic E-state index is 0.124. The minimum absolute atomic E-state index is 0.124. The third kappa shape index (κ3) is 2.12. The molecule has 18 heavy (non-hydrogen) atoms. The summed E-state index contributed by atoms with van der Waals surface area (Å²) < 4.78 is 0. The molecule has 0 saturated carbocycles. The maximum absolute atomic E-state index is 12.4. The molecule has 4 nitrogen and oxygen atoms in total. The number of aryl methyl sites for hydroxylation is 1. The number of amides is 1. The number of rotatable bonds is 1. The molecule has 3 rings (SSSR count). The lowest BCUT2D eigenvalue weighted by Gasteiger charge is -2.24. The molecule has 0 aromatic carbocycles. The Morgan fingerprint density at radius 2 is 2.33 bits per heavy atom. The van der Waals surface area contributed by atoms with Crippen LogP contribution in [-0.4, -0.2) is 41.5 Å². The van der Waals surface area contributed by atoms with Crippen LogP contribution < -0.4 is 5.32 Å². The van der Waals surface area contributed by atoms with Crippen molar-refractivity contribution in [1.29, 1.82) is 0 Å². The van der Waals surface area contributed by atoms with Crippen molar-refractivity contribution in [2.24, 2.45) is 5.92 Å². The van der Waals surface area contributed by atoms with Gasteiger partial charge in [0.2, 0.25) is 0 Å². The predicted molar refractivity (Wildman–Crippen MR) is 69.4 cm³/mol. The van der Waals surface area contributed by atoms with Crippen LogP contribution >= 0.6 is 0 Å². The normalized spacial score (nSPS) is 27.1. The summed E-state index contributed by atoms with van der Waals surface area (Å²) in [5.41, 5.74) is 1.66. The van der Waals surface area contributed by atoms with E-state index in [9.17, 15) is 4.79 Å². The van der Waals surface area contributed by atoms with Gasteiger partial charge in [0.15, 0.2) is 0 Å². The number of nitrogens with one attached hydrogen (secondary N) is 1. The van der Waals surface area contributed by atoms with Crippen LogP contribution in [0.2, 0.25) is 0 Å². The van der Waals surface area contributed by atoms with Gasteiger partial charge in [0.05, 0.1) is 5.56 Å². The third-order valence-electron chi connectivity index (χ3n) is 4.04. The van der Waals surface area contributed by atoms with E-state index in [2.05, 4.69) is 10.3 Å². The van der Waals surface area contributed by atoms with Gasteiger partial charge in [-0.1, -0.05) is 0 Å². The van der Waals surface area contributed by atoms with E-state index in [1.807, 2.05) is 24.0 Å². The van der Waals surface area contributed by atoms with Gasteiger partial charge < -0.3 is 10.2 Å². The Hall–Kier alpha value is -1.42. The Morgan fingerprint density at radius 3 is 3.06 bits per heavy atom. The zero-order valence-electron chi connectivity index (χ0n) is 10.7. The lowest BCUT2D eigenvalue weighted by molar-refractivity contribution is 0.0785. The molecule has 1 aromatic rings. The first-order chi connectivity index (χ1) is 8.74. The summed E-state index contributed by atoms with van der Waals surface area (Å²) in [5, 5.41) is 3.52. The van der Waals surface area contributed by atoms with Gasteiger partial charge in [-0.15, -0.1) is 0 Å². The molecule has 1 N–H and O–H groups in total. The summed E-state index contributed by atoms with van der Waals surface area (Å²) >= 11 is 0. The number of carbonyl (C=O) groups excluding carboxylic acids is 1. The quantitative estimate of drug-likeness (QED) is 0.809. The van der Waals surface area contributed by atoms with Gasteiger partial charge in [0, 0.05) is 31.0 Å². The first-order valence-corrected chi connectivity index (χ1v) is 6.69. The second-order valence-electron chi connectivity index (χ2n) is 5.36. The molecule has 1 aromatic heterocycles. The fourth-order valence-corrected chi connectivity index (χ4v) is 2.99. The topological polar surface area (TPSA) is 45.2 Å². The van der Waals surface area contributed by atoms with Crippen molar-refractivity contribution in [2.45, 2.75) is 25.8 Å². The second kappa shape index (κ2) is 4.69. The molecule has 2 aliphatic heterocycles. The van der Waals surface area contributed by atoms with Crippen molar-refractivity contribution in [1.82, 2.24) is 15.2 Å². The number of piperidine rings is 1. The number of hydrogen-bond donors (Lipinski definition) is 1. The SMILES string of the molecule is Cc1ccc(C(=O)N2C[C@@H]3CCCN[C@@H]3C2)cn1. The van der Waals surface area contributed by atoms with E-state index in [1.54, 1.807) is 6.20 Å². The molecular weight excluding hydrogens is 226 g/mol. The smallest absolute Gasteiger partial charge is 0.255 e. The molecule has 1 amide bonds. The number of aromatic nitrogens is 1. The Kier molecular flexibility index (Phi) is 3.04. The van der Waals surface area contributed by atoms with E-state index in [0.29, 0.717) is 17.5 Å². The van der Waals surface area contributed by atoms with E-state index in [-0.39, 0.29) is 5.91 Å². The highest BCUT2D eigenvalue weighted by Gasteiger charge is 2.36. The number of pyridine rings is 1. The van der Waals surface area contributed by atoms with Gasteiger partial charge in [-0.25, -0.2) is 0 Å². The van der Waals surface area contributed by atoms with Gasteiger partial charge in [-0.3, -0.25) is 9.78 Å². The van der Waals surface area contributed by atoms with Gasteiger partial charge in [0.1, 0.15) is 0 Å². The van der Waals surface area contributed by atoms with Crippen LogP contribution in [0.1, 0.15) is 28.9 Å². The molecular formula is C14H19N3O. The van der Waals surface area contributed by atoms with E-state index in [1.165, 1.54) is 12.8 Å². The molecule has 0 bridgehead atoms. The van der Waals surface area contributed by atoms with Crippen LogP contribution in [0.5, 0.6) is 0 Å². The Balaban J connectivity index is 1.72. The molecule has 2 saturated heterocycles. The van der Waals surface area contributed by atoms with Crippen LogP contribution in [0.25, 0.3) is 0 Å². The minimum Gasteiger partial charge on any atom is -0.337 e. The zero-order valence-corrected chi connectivity index (χ0v) is 10.7. The van der Waals surface area contributed by atoms with E-state index in [0.717, 1.165) is 25.3 Å². The van der Waals surface area contributed by atoms with E-state index in [4.69, 9.17) is 0 Å². The number of hydrogen-bond acceptors (Lipinski definition) is 3. The van der Waals surface area contributed by atoms with Gasteiger partial charge in [-0.2, -0.15) is 0 Å². The molecule has 0 spiro atoms. The van der Waals surface area contributed by atoms with Crippen LogP contribution in [0.3, 0.4) is 0 Å². The van der Waals surface area contributed by atoms with Gasteiger partial charge >= 0.3 is 0 Å².